The van der Waals surface area contributed by atoms with Gasteiger partial charge in [0.1, 0.15) is 5.75 Å². The molecule has 0 aliphatic carbocycles. The van der Waals surface area contributed by atoms with Gasteiger partial charge in [-0.15, -0.1) is 11.3 Å². The molecule has 0 radical (unpaired) electrons. The topological polar surface area (TPSA) is 104 Å². The van der Waals surface area contributed by atoms with Gasteiger partial charge in [0.25, 0.3) is 5.91 Å². The van der Waals surface area contributed by atoms with Gasteiger partial charge < -0.3 is 9.84 Å². The van der Waals surface area contributed by atoms with E-state index >= 15 is 0 Å². The van der Waals surface area contributed by atoms with Gasteiger partial charge in [-0.3, -0.25) is 14.5 Å². The molecule has 34 heavy (non-hydrogen) atoms. The van der Waals surface area contributed by atoms with Crippen LogP contribution < -0.4 is 9.64 Å². The van der Waals surface area contributed by atoms with Crippen LogP contribution >= 0.6 is 11.3 Å². The number of aliphatic hydroxyl groups is 1. The number of aliphatic hydroxyl groups excluding tert-OH is 1. The summed E-state index contributed by atoms with van der Waals surface area (Å²) in [6, 6.07) is 14.8. The van der Waals surface area contributed by atoms with E-state index in [4.69, 9.17) is 10.00 Å². The maximum absolute atomic E-state index is 13.6. The molecule has 0 saturated carbocycles. The molecule has 1 aromatic heterocycles. The number of hydrogen-bond donors (Lipinski definition) is 1. The molecule has 1 atom stereocenters. The molecule has 2 heterocycles. The van der Waals surface area contributed by atoms with Crippen LogP contribution in [0.2, 0.25) is 0 Å². The zero-order valence-corrected chi connectivity index (χ0v) is 19.8. The quantitative estimate of drug-likeness (QED) is 0.473. The summed E-state index contributed by atoms with van der Waals surface area (Å²) in [4.78, 5) is 33.0. The Morgan fingerprint density at radius 1 is 1.18 bits per heavy atom. The molecule has 1 unspecified atom stereocenters. The van der Waals surface area contributed by atoms with Crippen molar-refractivity contribution in [1.82, 2.24) is 4.98 Å². The third kappa shape index (κ3) is 4.18. The molecule has 1 amide bonds. The summed E-state index contributed by atoms with van der Waals surface area (Å²) in [7, 11) is 0. The fourth-order valence-corrected chi connectivity index (χ4v) is 4.82. The maximum atomic E-state index is 13.6. The smallest absolute Gasteiger partial charge is 0.294 e. The van der Waals surface area contributed by atoms with E-state index in [0.717, 1.165) is 11.4 Å². The van der Waals surface area contributed by atoms with E-state index in [1.807, 2.05) is 6.92 Å². The number of anilines is 1. The van der Waals surface area contributed by atoms with Gasteiger partial charge in [-0.1, -0.05) is 19.1 Å². The largest absolute Gasteiger partial charge is 0.503 e. The van der Waals surface area contributed by atoms with Crippen molar-refractivity contribution in [1.29, 1.82) is 5.26 Å². The monoisotopic (exact) mass is 473 g/mol. The van der Waals surface area contributed by atoms with Crippen molar-refractivity contribution in [3.63, 3.8) is 0 Å². The number of hydrogen-bond acceptors (Lipinski definition) is 7. The summed E-state index contributed by atoms with van der Waals surface area (Å²) in [5, 5.41) is 20.8. The Morgan fingerprint density at radius 3 is 2.41 bits per heavy atom. The van der Waals surface area contributed by atoms with Crippen molar-refractivity contribution >= 4 is 28.7 Å². The molecule has 1 N–H and O–H groups in total. The Bertz CT molecular complexity index is 1320. The number of nitrogens with zero attached hydrogens (tertiary/aromatic N) is 3. The third-order valence-electron chi connectivity index (χ3n) is 5.51. The van der Waals surface area contributed by atoms with Gasteiger partial charge in [-0.2, -0.15) is 5.26 Å². The molecule has 8 heteroatoms. The highest BCUT2D eigenvalue weighted by atomic mass is 32.1. The molecule has 0 fully saturated rings. The van der Waals surface area contributed by atoms with Gasteiger partial charge in [0.15, 0.2) is 5.76 Å². The highest BCUT2D eigenvalue weighted by Gasteiger charge is 2.45. The number of amides is 1. The molecule has 172 valence electrons. The Balaban J connectivity index is 1.82. The number of ether oxygens (including phenoxy) is 1. The van der Waals surface area contributed by atoms with Crippen molar-refractivity contribution in [2.75, 3.05) is 11.5 Å². The van der Waals surface area contributed by atoms with Gasteiger partial charge in [-0.05, 0) is 62.2 Å². The van der Waals surface area contributed by atoms with Crippen LogP contribution in [0.3, 0.4) is 0 Å². The molecule has 1 aliphatic rings. The number of Topliss-reactive ketones (excluding diaryl/α,β-unsaturated/α-hetero) is 1. The van der Waals surface area contributed by atoms with Crippen molar-refractivity contribution in [3.8, 4) is 11.8 Å². The van der Waals surface area contributed by atoms with Crippen molar-refractivity contribution in [2.24, 2.45) is 0 Å². The summed E-state index contributed by atoms with van der Waals surface area (Å²) in [6.07, 6.45) is 0.869. The molecule has 0 bridgehead atoms. The number of nitriles is 1. The highest BCUT2D eigenvalue weighted by Crippen LogP contribution is 2.43. The third-order valence-corrected chi connectivity index (χ3v) is 6.58. The first-order valence-electron chi connectivity index (χ1n) is 10.8. The Morgan fingerprint density at radius 2 is 1.85 bits per heavy atom. The van der Waals surface area contributed by atoms with E-state index < -0.39 is 23.5 Å². The fourth-order valence-electron chi connectivity index (χ4n) is 3.95. The van der Waals surface area contributed by atoms with E-state index in [2.05, 4.69) is 11.1 Å². The molecule has 7 nitrogen and oxygen atoms in total. The predicted molar refractivity (Wildman–Crippen MR) is 129 cm³/mol. The van der Waals surface area contributed by atoms with E-state index in [-0.39, 0.29) is 5.57 Å². The number of carbonyl (C=O) groups excluding carboxylic acids is 2. The lowest BCUT2D eigenvalue weighted by Crippen LogP contribution is -2.31. The Hall–Kier alpha value is -3.96. The molecule has 0 spiro atoms. The Labute approximate surface area is 201 Å². The fraction of sp³-hybridized carbons (Fsp3) is 0.231. The van der Waals surface area contributed by atoms with Crippen molar-refractivity contribution in [2.45, 2.75) is 33.2 Å². The number of rotatable bonds is 7. The molecule has 4 rings (SSSR count). The van der Waals surface area contributed by atoms with Crippen LogP contribution in [0.5, 0.6) is 5.75 Å². The van der Waals surface area contributed by atoms with Crippen LogP contribution in [0.4, 0.5) is 5.69 Å². The standard InChI is InChI=1S/C26H23N3O4S/c1-4-13-33-20-11-7-18(8-12-20)22-21(23(30)25-15(2)28-16(3)34-25)24(31)26(32)29(22)19-9-5-17(14-27)6-10-19/h5-12,22,31H,4,13H2,1-3H3. The van der Waals surface area contributed by atoms with E-state index in [0.29, 0.717) is 39.7 Å². The second kappa shape index (κ2) is 9.49. The lowest BCUT2D eigenvalue weighted by atomic mass is 9.94. The zero-order chi connectivity index (χ0) is 24.4. The zero-order valence-electron chi connectivity index (χ0n) is 19.0. The molecular weight excluding hydrogens is 450 g/mol. The summed E-state index contributed by atoms with van der Waals surface area (Å²) >= 11 is 1.23. The second-order valence-corrected chi connectivity index (χ2v) is 9.10. The molecule has 3 aromatic rings. The van der Waals surface area contributed by atoms with Gasteiger partial charge in [0.05, 0.1) is 45.4 Å². The van der Waals surface area contributed by atoms with Crippen molar-refractivity contribution in [3.05, 3.63) is 86.6 Å². The van der Waals surface area contributed by atoms with Gasteiger partial charge in [0.2, 0.25) is 5.78 Å². The number of carbonyl (C=O) groups is 2. The first-order valence-corrected chi connectivity index (χ1v) is 11.7. The number of aromatic nitrogens is 1. The highest BCUT2D eigenvalue weighted by molar-refractivity contribution is 7.14. The van der Waals surface area contributed by atoms with Crippen molar-refractivity contribution < 1.29 is 19.4 Å². The number of aryl methyl sites for hydroxylation is 2. The average Bonchev–Trinajstić information content (AvgIpc) is 3.32. The molecular formula is C26H23N3O4S. The van der Waals surface area contributed by atoms with Crippen LogP contribution in [0.15, 0.2) is 59.9 Å². The minimum Gasteiger partial charge on any atom is -0.503 e. The van der Waals surface area contributed by atoms with Crippen LogP contribution in [0.1, 0.15) is 50.9 Å². The van der Waals surface area contributed by atoms with Crippen LogP contribution in [-0.4, -0.2) is 28.4 Å². The van der Waals surface area contributed by atoms with Gasteiger partial charge in [0, 0.05) is 5.69 Å². The minimum atomic E-state index is -0.852. The number of ketones is 1. The van der Waals surface area contributed by atoms with E-state index in [1.54, 1.807) is 62.4 Å². The molecule has 1 aliphatic heterocycles. The SMILES string of the molecule is CCCOc1ccc(C2C(C(=O)c3sc(C)nc3C)=C(O)C(=O)N2c2ccc(C#N)cc2)cc1. The Kier molecular flexibility index (Phi) is 6.48. The summed E-state index contributed by atoms with van der Waals surface area (Å²) in [6.45, 7) is 6.13. The lowest BCUT2D eigenvalue weighted by molar-refractivity contribution is -0.117. The normalized spacial score (nSPS) is 15.5. The van der Waals surface area contributed by atoms with Gasteiger partial charge >= 0.3 is 0 Å². The first kappa shape index (κ1) is 23.2. The molecule has 0 saturated heterocycles. The van der Waals surface area contributed by atoms with Crippen LogP contribution in [0.25, 0.3) is 0 Å². The summed E-state index contributed by atoms with van der Waals surface area (Å²) < 4.78 is 5.67. The van der Waals surface area contributed by atoms with Crippen LogP contribution in [-0.2, 0) is 4.79 Å². The summed E-state index contributed by atoms with van der Waals surface area (Å²) in [5.41, 5.74) is 2.11. The predicted octanol–water partition coefficient (Wildman–Crippen LogP) is 5.20. The van der Waals surface area contributed by atoms with E-state index in [9.17, 15) is 14.7 Å². The number of benzene rings is 2. The first-order chi connectivity index (χ1) is 16.3. The lowest BCUT2D eigenvalue weighted by Gasteiger charge is -2.27. The summed E-state index contributed by atoms with van der Waals surface area (Å²) in [5.74, 6) is -1.02. The number of thiazole rings is 1. The van der Waals surface area contributed by atoms with Crippen LogP contribution in [0, 0.1) is 25.2 Å². The maximum Gasteiger partial charge on any atom is 0.294 e. The second-order valence-electron chi connectivity index (χ2n) is 7.89. The molecule has 2 aromatic carbocycles. The van der Waals surface area contributed by atoms with Gasteiger partial charge in [-0.25, -0.2) is 4.98 Å². The van der Waals surface area contributed by atoms with E-state index in [1.165, 1.54) is 16.2 Å². The minimum absolute atomic E-state index is 0.00309. The average molecular weight is 474 g/mol.